The molecule has 19 heavy (non-hydrogen) atoms. The van der Waals surface area contributed by atoms with Crippen LogP contribution < -0.4 is 9.47 Å². The van der Waals surface area contributed by atoms with Gasteiger partial charge < -0.3 is 9.47 Å². The SMILES string of the molecule is COc1ccc(OC)c(C(=O)Cc2cnn(C)c2)c1. The number of aromatic nitrogens is 2. The molecule has 5 heteroatoms. The van der Waals surface area contributed by atoms with Crippen molar-refractivity contribution in [2.75, 3.05) is 14.2 Å². The van der Waals surface area contributed by atoms with Gasteiger partial charge in [0.1, 0.15) is 11.5 Å². The number of carbonyl (C=O) groups excluding carboxylic acids is 1. The van der Waals surface area contributed by atoms with Crippen LogP contribution in [-0.2, 0) is 13.5 Å². The molecule has 0 bridgehead atoms. The molecule has 2 aromatic rings. The Kier molecular flexibility index (Phi) is 3.85. The van der Waals surface area contributed by atoms with Crippen molar-refractivity contribution < 1.29 is 14.3 Å². The van der Waals surface area contributed by atoms with Crippen LogP contribution in [0, 0.1) is 0 Å². The van der Waals surface area contributed by atoms with Crippen LogP contribution in [0.2, 0.25) is 0 Å². The van der Waals surface area contributed by atoms with Gasteiger partial charge in [-0.2, -0.15) is 5.10 Å². The Balaban J connectivity index is 2.26. The molecule has 0 aliphatic carbocycles. The normalized spacial score (nSPS) is 10.3. The Hall–Kier alpha value is -2.30. The molecule has 2 rings (SSSR count). The summed E-state index contributed by atoms with van der Waals surface area (Å²) >= 11 is 0. The fraction of sp³-hybridized carbons (Fsp3) is 0.286. The highest BCUT2D eigenvalue weighted by molar-refractivity contribution is 6.00. The van der Waals surface area contributed by atoms with Crippen molar-refractivity contribution in [3.05, 3.63) is 41.7 Å². The minimum atomic E-state index is -0.0243. The molecule has 0 spiro atoms. The van der Waals surface area contributed by atoms with Crippen LogP contribution in [0.15, 0.2) is 30.6 Å². The first-order valence-corrected chi connectivity index (χ1v) is 5.86. The number of hydrogen-bond donors (Lipinski definition) is 0. The summed E-state index contributed by atoms with van der Waals surface area (Å²) < 4.78 is 12.0. The standard InChI is InChI=1S/C14H16N2O3/c1-16-9-10(8-15-16)6-13(17)12-7-11(18-2)4-5-14(12)19-3/h4-5,7-9H,6H2,1-3H3. The van der Waals surface area contributed by atoms with E-state index in [2.05, 4.69) is 5.10 Å². The third kappa shape index (κ3) is 2.93. The average Bonchev–Trinajstić information content (AvgIpc) is 2.83. The first-order chi connectivity index (χ1) is 9.13. The number of ether oxygens (including phenoxy) is 2. The second-order valence-electron chi connectivity index (χ2n) is 4.19. The van der Waals surface area contributed by atoms with Gasteiger partial charge in [0, 0.05) is 19.7 Å². The third-order valence-electron chi connectivity index (χ3n) is 2.83. The first kappa shape index (κ1) is 13.1. The van der Waals surface area contributed by atoms with Gasteiger partial charge in [0.25, 0.3) is 0 Å². The van der Waals surface area contributed by atoms with Crippen molar-refractivity contribution in [1.82, 2.24) is 9.78 Å². The lowest BCUT2D eigenvalue weighted by Crippen LogP contribution is -2.06. The molecule has 0 aliphatic heterocycles. The number of aryl methyl sites for hydroxylation is 1. The molecular weight excluding hydrogens is 244 g/mol. The maximum atomic E-state index is 12.3. The number of rotatable bonds is 5. The number of nitrogens with zero attached hydrogens (tertiary/aromatic N) is 2. The molecule has 0 amide bonds. The Morgan fingerprint density at radius 2 is 2.11 bits per heavy atom. The molecule has 0 N–H and O–H groups in total. The number of carbonyl (C=O) groups is 1. The van der Waals surface area contributed by atoms with Gasteiger partial charge in [-0.3, -0.25) is 9.48 Å². The molecule has 1 aromatic heterocycles. The minimum Gasteiger partial charge on any atom is -0.497 e. The molecule has 0 aliphatic rings. The van der Waals surface area contributed by atoms with E-state index in [9.17, 15) is 4.79 Å². The Morgan fingerprint density at radius 3 is 2.68 bits per heavy atom. The number of hydrogen-bond acceptors (Lipinski definition) is 4. The van der Waals surface area contributed by atoms with Crippen LogP contribution in [-0.4, -0.2) is 29.8 Å². The lowest BCUT2D eigenvalue weighted by atomic mass is 10.0. The van der Waals surface area contributed by atoms with E-state index in [0.29, 0.717) is 17.1 Å². The highest BCUT2D eigenvalue weighted by Gasteiger charge is 2.14. The third-order valence-corrected chi connectivity index (χ3v) is 2.83. The highest BCUT2D eigenvalue weighted by Crippen LogP contribution is 2.25. The van der Waals surface area contributed by atoms with Crippen LogP contribution in [0.4, 0.5) is 0 Å². The molecule has 0 radical (unpaired) electrons. The second kappa shape index (κ2) is 5.56. The van der Waals surface area contributed by atoms with E-state index in [1.54, 1.807) is 43.3 Å². The van der Waals surface area contributed by atoms with Crippen molar-refractivity contribution >= 4 is 5.78 Å². The maximum absolute atomic E-state index is 12.3. The Labute approximate surface area is 111 Å². The summed E-state index contributed by atoms with van der Waals surface area (Å²) in [7, 11) is 4.93. The lowest BCUT2D eigenvalue weighted by Gasteiger charge is -2.09. The zero-order valence-electron chi connectivity index (χ0n) is 11.2. The summed E-state index contributed by atoms with van der Waals surface area (Å²) in [4.78, 5) is 12.3. The number of methoxy groups -OCH3 is 2. The molecule has 1 heterocycles. The monoisotopic (exact) mass is 260 g/mol. The molecule has 0 saturated carbocycles. The van der Waals surface area contributed by atoms with Crippen molar-refractivity contribution in [3.8, 4) is 11.5 Å². The van der Waals surface area contributed by atoms with Crippen molar-refractivity contribution in [2.24, 2.45) is 7.05 Å². The van der Waals surface area contributed by atoms with Crippen LogP contribution in [0.1, 0.15) is 15.9 Å². The molecule has 0 saturated heterocycles. The van der Waals surface area contributed by atoms with E-state index in [-0.39, 0.29) is 12.2 Å². The molecule has 1 aromatic carbocycles. The molecule has 0 fully saturated rings. The molecule has 5 nitrogen and oxygen atoms in total. The summed E-state index contributed by atoms with van der Waals surface area (Å²) in [6, 6.07) is 5.19. The van der Waals surface area contributed by atoms with E-state index in [1.807, 2.05) is 13.2 Å². The summed E-state index contributed by atoms with van der Waals surface area (Å²) in [6.45, 7) is 0. The topological polar surface area (TPSA) is 53.4 Å². The quantitative estimate of drug-likeness (QED) is 0.770. The number of ketones is 1. The van der Waals surface area contributed by atoms with Crippen molar-refractivity contribution in [2.45, 2.75) is 6.42 Å². The molecule has 0 unspecified atom stereocenters. The molecule has 0 atom stereocenters. The van der Waals surface area contributed by atoms with E-state index >= 15 is 0 Å². The summed E-state index contributed by atoms with van der Waals surface area (Å²) in [6.07, 6.45) is 3.80. The fourth-order valence-electron chi connectivity index (χ4n) is 1.88. The summed E-state index contributed by atoms with van der Waals surface area (Å²) in [5.74, 6) is 1.16. The molecule has 100 valence electrons. The summed E-state index contributed by atoms with van der Waals surface area (Å²) in [5.41, 5.74) is 1.39. The van der Waals surface area contributed by atoms with E-state index in [1.165, 1.54) is 0 Å². The number of Topliss-reactive ketones (excluding diaryl/α,β-unsaturated/α-hetero) is 1. The Morgan fingerprint density at radius 1 is 1.32 bits per heavy atom. The number of benzene rings is 1. The van der Waals surface area contributed by atoms with Crippen molar-refractivity contribution in [3.63, 3.8) is 0 Å². The van der Waals surface area contributed by atoms with Crippen LogP contribution in [0.3, 0.4) is 0 Å². The van der Waals surface area contributed by atoms with Gasteiger partial charge in [0.05, 0.1) is 26.0 Å². The van der Waals surface area contributed by atoms with Gasteiger partial charge in [-0.1, -0.05) is 0 Å². The van der Waals surface area contributed by atoms with E-state index in [4.69, 9.17) is 9.47 Å². The Bertz CT molecular complexity index is 590. The molecular formula is C14H16N2O3. The van der Waals surface area contributed by atoms with Crippen molar-refractivity contribution in [1.29, 1.82) is 0 Å². The van der Waals surface area contributed by atoms with Gasteiger partial charge in [-0.15, -0.1) is 0 Å². The largest absolute Gasteiger partial charge is 0.497 e. The predicted molar refractivity (Wildman–Crippen MR) is 70.8 cm³/mol. The smallest absolute Gasteiger partial charge is 0.171 e. The average molecular weight is 260 g/mol. The second-order valence-corrected chi connectivity index (χ2v) is 4.19. The van der Waals surface area contributed by atoms with E-state index < -0.39 is 0 Å². The van der Waals surface area contributed by atoms with Gasteiger partial charge in [-0.05, 0) is 23.8 Å². The van der Waals surface area contributed by atoms with Crippen LogP contribution >= 0.6 is 0 Å². The zero-order chi connectivity index (χ0) is 13.8. The van der Waals surface area contributed by atoms with Crippen LogP contribution in [0.25, 0.3) is 0 Å². The van der Waals surface area contributed by atoms with Crippen LogP contribution in [0.5, 0.6) is 11.5 Å². The van der Waals surface area contributed by atoms with Gasteiger partial charge in [-0.25, -0.2) is 0 Å². The lowest BCUT2D eigenvalue weighted by molar-refractivity contribution is 0.0989. The zero-order valence-corrected chi connectivity index (χ0v) is 11.2. The fourth-order valence-corrected chi connectivity index (χ4v) is 1.88. The summed E-state index contributed by atoms with van der Waals surface area (Å²) in [5, 5.41) is 4.05. The highest BCUT2D eigenvalue weighted by atomic mass is 16.5. The first-order valence-electron chi connectivity index (χ1n) is 5.86. The maximum Gasteiger partial charge on any atom is 0.171 e. The van der Waals surface area contributed by atoms with Gasteiger partial charge >= 0.3 is 0 Å². The van der Waals surface area contributed by atoms with Gasteiger partial charge in [0.15, 0.2) is 5.78 Å². The van der Waals surface area contributed by atoms with E-state index in [0.717, 1.165) is 5.56 Å². The predicted octanol–water partition coefficient (Wildman–Crippen LogP) is 1.86. The minimum absolute atomic E-state index is 0.0243. The van der Waals surface area contributed by atoms with Gasteiger partial charge in [0.2, 0.25) is 0 Å².